The van der Waals surface area contributed by atoms with Gasteiger partial charge in [-0.3, -0.25) is 20.2 Å². The SMILES string of the molecule is O=[N+]([O-])c1ccc(CP(=O)(O)Oc2ccc([N+](=O)[O-])cc2)cc1. The molecule has 2 rings (SSSR count). The molecule has 1 atom stereocenters. The van der Waals surface area contributed by atoms with Crippen molar-refractivity contribution in [3.63, 3.8) is 0 Å². The zero-order chi connectivity index (χ0) is 17.0. The van der Waals surface area contributed by atoms with E-state index in [2.05, 4.69) is 0 Å². The highest BCUT2D eigenvalue weighted by Gasteiger charge is 2.22. The van der Waals surface area contributed by atoms with Gasteiger partial charge in [0, 0.05) is 24.3 Å². The van der Waals surface area contributed by atoms with E-state index in [9.17, 15) is 29.7 Å². The van der Waals surface area contributed by atoms with Crippen LogP contribution in [0.3, 0.4) is 0 Å². The number of hydrogen-bond acceptors (Lipinski definition) is 6. The van der Waals surface area contributed by atoms with E-state index in [-0.39, 0.29) is 23.3 Å². The van der Waals surface area contributed by atoms with Gasteiger partial charge in [0.25, 0.3) is 11.4 Å². The number of hydrogen-bond donors (Lipinski definition) is 1. The van der Waals surface area contributed by atoms with E-state index in [1.165, 1.54) is 36.4 Å². The number of benzene rings is 2. The highest BCUT2D eigenvalue weighted by Crippen LogP contribution is 2.46. The fourth-order valence-electron chi connectivity index (χ4n) is 1.78. The van der Waals surface area contributed by atoms with Crippen molar-refractivity contribution in [3.8, 4) is 5.75 Å². The molecule has 0 aliphatic rings. The second-order valence-electron chi connectivity index (χ2n) is 4.56. The average Bonchev–Trinajstić information content (AvgIpc) is 2.47. The van der Waals surface area contributed by atoms with Gasteiger partial charge < -0.3 is 9.42 Å². The van der Waals surface area contributed by atoms with Crippen LogP contribution in [0.4, 0.5) is 11.4 Å². The molecular formula is C13H11N2O7P. The van der Waals surface area contributed by atoms with Gasteiger partial charge in [-0.2, -0.15) is 0 Å². The first kappa shape index (κ1) is 16.6. The Morgan fingerprint density at radius 3 is 1.78 bits per heavy atom. The number of nitrogens with zero attached hydrogens (tertiary/aromatic N) is 2. The summed E-state index contributed by atoms with van der Waals surface area (Å²) in [6, 6.07) is 9.92. The van der Waals surface area contributed by atoms with Crippen molar-refractivity contribution in [2.45, 2.75) is 6.16 Å². The van der Waals surface area contributed by atoms with E-state index < -0.39 is 17.4 Å². The van der Waals surface area contributed by atoms with Gasteiger partial charge in [-0.25, -0.2) is 4.57 Å². The molecule has 2 aromatic rings. The maximum atomic E-state index is 12.1. The van der Waals surface area contributed by atoms with Gasteiger partial charge in [0.2, 0.25) is 0 Å². The van der Waals surface area contributed by atoms with Crippen molar-refractivity contribution in [2.75, 3.05) is 0 Å². The standard InChI is InChI=1S/C13H11N2O7P/c16-14(17)11-3-1-10(2-4-11)9-23(20,21)22-13-7-5-12(6-8-13)15(18)19/h1-8H,9H2,(H,20,21). The third kappa shape index (κ3) is 4.60. The maximum absolute atomic E-state index is 12.1. The normalized spacial score (nSPS) is 13.1. The summed E-state index contributed by atoms with van der Waals surface area (Å²) in [6.07, 6.45) is -0.345. The molecule has 0 aromatic heterocycles. The van der Waals surface area contributed by atoms with E-state index in [0.29, 0.717) is 5.56 Å². The Balaban J connectivity index is 2.07. The molecule has 0 spiro atoms. The fraction of sp³-hybridized carbons (Fsp3) is 0.0769. The van der Waals surface area contributed by atoms with Gasteiger partial charge in [-0.1, -0.05) is 12.1 Å². The summed E-state index contributed by atoms with van der Waals surface area (Å²) in [7, 11) is -4.05. The topological polar surface area (TPSA) is 133 Å². The van der Waals surface area contributed by atoms with E-state index in [0.717, 1.165) is 12.1 Å². The van der Waals surface area contributed by atoms with Crippen LogP contribution in [-0.2, 0) is 10.7 Å². The second kappa shape index (κ2) is 6.55. The Morgan fingerprint density at radius 1 is 0.913 bits per heavy atom. The Hall–Kier alpha value is -2.77. The van der Waals surface area contributed by atoms with Crippen LogP contribution in [0, 0.1) is 20.2 Å². The van der Waals surface area contributed by atoms with Crippen LogP contribution in [0.1, 0.15) is 5.56 Å². The maximum Gasteiger partial charge on any atom is 0.380 e. The molecule has 9 nitrogen and oxygen atoms in total. The summed E-state index contributed by atoms with van der Waals surface area (Å²) in [4.78, 5) is 29.7. The number of nitro groups is 2. The minimum absolute atomic E-state index is 0.0170. The molecule has 2 aromatic carbocycles. The van der Waals surface area contributed by atoms with Crippen LogP contribution in [0.15, 0.2) is 48.5 Å². The lowest BCUT2D eigenvalue weighted by Gasteiger charge is -2.13. The molecule has 1 unspecified atom stereocenters. The molecule has 0 fully saturated rings. The summed E-state index contributed by atoms with van der Waals surface area (Å²) in [5, 5.41) is 21.1. The average molecular weight is 338 g/mol. The lowest BCUT2D eigenvalue weighted by molar-refractivity contribution is -0.385. The predicted octanol–water partition coefficient (Wildman–Crippen LogP) is 3.27. The minimum atomic E-state index is -4.05. The molecule has 0 amide bonds. The Labute approximate surface area is 130 Å². The van der Waals surface area contributed by atoms with E-state index >= 15 is 0 Å². The Morgan fingerprint density at radius 2 is 1.35 bits per heavy atom. The van der Waals surface area contributed by atoms with E-state index in [4.69, 9.17) is 4.52 Å². The number of nitro benzene ring substituents is 2. The zero-order valence-corrected chi connectivity index (χ0v) is 12.5. The first-order chi connectivity index (χ1) is 10.8. The first-order valence-electron chi connectivity index (χ1n) is 6.26. The summed E-state index contributed by atoms with van der Waals surface area (Å²) >= 11 is 0. The van der Waals surface area contributed by atoms with Crippen molar-refractivity contribution in [3.05, 3.63) is 74.3 Å². The summed E-state index contributed by atoms with van der Waals surface area (Å²) < 4.78 is 17.0. The second-order valence-corrected chi connectivity index (χ2v) is 6.34. The molecule has 120 valence electrons. The van der Waals surface area contributed by atoms with Crippen molar-refractivity contribution < 1.29 is 23.8 Å². The van der Waals surface area contributed by atoms with Crippen LogP contribution in [-0.4, -0.2) is 14.7 Å². The molecule has 0 aliphatic heterocycles. The molecule has 0 heterocycles. The zero-order valence-electron chi connectivity index (χ0n) is 11.6. The molecule has 23 heavy (non-hydrogen) atoms. The van der Waals surface area contributed by atoms with Crippen molar-refractivity contribution in [1.29, 1.82) is 0 Å². The van der Waals surface area contributed by atoms with Crippen LogP contribution in [0.5, 0.6) is 5.75 Å². The van der Waals surface area contributed by atoms with Gasteiger partial charge >= 0.3 is 7.60 Å². The van der Waals surface area contributed by atoms with Crippen molar-refractivity contribution >= 4 is 19.0 Å². The van der Waals surface area contributed by atoms with Crippen LogP contribution < -0.4 is 4.52 Å². The Bertz CT molecular complexity index is 710. The Kier molecular flexibility index (Phi) is 4.73. The molecular weight excluding hydrogens is 327 g/mol. The third-order valence-electron chi connectivity index (χ3n) is 2.83. The molecule has 0 saturated heterocycles. The molecule has 1 N–H and O–H groups in total. The van der Waals surface area contributed by atoms with Crippen LogP contribution >= 0.6 is 7.60 Å². The summed E-state index contributed by atoms with van der Waals surface area (Å²) in [6.45, 7) is 0. The lowest BCUT2D eigenvalue weighted by atomic mass is 10.2. The van der Waals surface area contributed by atoms with Crippen LogP contribution in [0.25, 0.3) is 0 Å². The van der Waals surface area contributed by atoms with E-state index in [1.54, 1.807) is 0 Å². The third-order valence-corrected chi connectivity index (χ3v) is 4.09. The van der Waals surface area contributed by atoms with Crippen molar-refractivity contribution in [1.82, 2.24) is 0 Å². The van der Waals surface area contributed by atoms with Gasteiger partial charge in [-0.15, -0.1) is 0 Å². The van der Waals surface area contributed by atoms with Crippen LogP contribution in [0.2, 0.25) is 0 Å². The minimum Gasteiger partial charge on any atom is -0.424 e. The monoisotopic (exact) mass is 338 g/mol. The quantitative estimate of drug-likeness (QED) is 0.485. The van der Waals surface area contributed by atoms with Gasteiger partial charge in [0.15, 0.2) is 0 Å². The van der Waals surface area contributed by atoms with E-state index in [1.807, 2.05) is 0 Å². The molecule has 0 aliphatic carbocycles. The molecule has 0 saturated carbocycles. The lowest BCUT2D eigenvalue weighted by Crippen LogP contribution is -1.97. The fourth-order valence-corrected chi connectivity index (χ4v) is 2.97. The summed E-state index contributed by atoms with van der Waals surface area (Å²) in [5.74, 6) is 0.0170. The van der Waals surface area contributed by atoms with Gasteiger partial charge in [-0.05, 0) is 17.7 Å². The highest BCUT2D eigenvalue weighted by molar-refractivity contribution is 7.52. The first-order valence-corrected chi connectivity index (χ1v) is 8.02. The molecule has 0 radical (unpaired) electrons. The predicted molar refractivity (Wildman–Crippen MR) is 80.4 cm³/mol. The van der Waals surface area contributed by atoms with Gasteiger partial charge in [0.05, 0.1) is 16.0 Å². The molecule has 0 bridgehead atoms. The number of rotatable bonds is 6. The largest absolute Gasteiger partial charge is 0.424 e. The molecule has 10 heteroatoms. The van der Waals surface area contributed by atoms with Crippen molar-refractivity contribution in [2.24, 2.45) is 0 Å². The number of non-ortho nitro benzene ring substituents is 2. The highest BCUT2D eigenvalue weighted by atomic mass is 31.2. The smallest absolute Gasteiger partial charge is 0.380 e. The van der Waals surface area contributed by atoms with Gasteiger partial charge in [0.1, 0.15) is 5.75 Å². The summed E-state index contributed by atoms with van der Waals surface area (Å²) in [5.41, 5.74) is 0.0987.